The molecule has 0 aliphatic carbocycles. The van der Waals surface area contributed by atoms with E-state index in [-0.39, 0.29) is 18.3 Å². The molecule has 1 fully saturated rings. The number of halogens is 1. The van der Waals surface area contributed by atoms with Crippen LogP contribution in [0.4, 0.5) is 5.69 Å². The van der Waals surface area contributed by atoms with Crippen molar-refractivity contribution in [2.75, 3.05) is 44.6 Å². The van der Waals surface area contributed by atoms with E-state index in [0.717, 1.165) is 69.2 Å². The van der Waals surface area contributed by atoms with E-state index < -0.39 is 0 Å². The largest absolute Gasteiger partial charge is 0.321 e. The Kier molecular flexibility index (Phi) is 7.07. The van der Waals surface area contributed by atoms with E-state index in [2.05, 4.69) is 49.7 Å². The molecule has 0 bridgehead atoms. The average molecular weight is 405 g/mol. The first-order valence-electron chi connectivity index (χ1n) is 9.84. The summed E-state index contributed by atoms with van der Waals surface area (Å²) >= 11 is 0. The predicted molar refractivity (Wildman–Crippen MR) is 113 cm³/mol. The van der Waals surface area contributed by atoms with Gasteiger partial charge in [-0.25, -0.2) is 0 Å². The molecule has 2 aliphatic heterocycles. The van der Waals surface area contributed by atoms with Gasteiger partial charge in [-0.05, 0) is 24.2 Å². The summed E-state index contributed by atoms with van der Waals surface area (Å²) < 4.78 is 0. The number of aromatic amines is 1. The van der Waals surface area contributed by atoms with Crippen LogP contribution in [0.3, 0.4) is 0 Å². The fourth-order valence-corrected chi connectivity index (χ4v) is 3.82. The number of benzene rings is 1. The standard InChI is InChI=1S/C20H28N6O.ClH/c1-2-25-9-11-26(12-10-25)14-15-3-5-16(6-4-15)22-20(27)19-17-13-21-8-7-18(17)23-24-19;/h3-6,21H,2,7-14H2,1H3,(H,22,27)(H,23,24);1H. The Labute approximate surface area is 172 Å². The Morgan fingerprint density at radius 3 is 2.57 bits per heavy atom. The Hall–Kier alpha value is -1.93. The van der Waals surface area contributed by atoms with Gasteiger partial charge in [0.1, 0.15) is 0 Å². The fraction of sp³-hybridized carbons (Fsp3) is 0.500. The molecule has 0 radical (unpaired) electrons. The second-order valence-electron chi connectivity index (χ2n) is 7.32. The molecule has 2 aromatic rings. The van der Waals surface area contributed by atoms with Crippen molar-refractivity contribution < 1.29 is 4.79 Å². The van der Waals surface area contributed by atoms with Crippen molar-refractivity contribution in [1.29, 1.82) is 0 Å². The van der Waals surface area contributed by atoms with E-state index in [9.17, 15) is 4.79 Å². The predicted octanol–water partition coefficient (Wildman–Crippen LogP) is 1.87. The number of likely N-dealkylation sites (N-methyl/N-ethyl adjacent to an activating group) is 1. The van der Waals surface area contributed by atoms with Crippen molar-refractivity contribution >= 4 is 24.0 Å². The molecule has 0 atom stereocenters. The number of amides is 1. The lowest BCUT2D eigenvalue weighted by molar-refractivity contribution is 0.102. The summed E-state index contributed by atoms with van der Waals surface area (Å²) in [6.07, 6.45) is 0.886. The number of carbonyl (C=O) groups excluding carboxylic acids is 1. The molecule has 7 nitrogen and oxygen atoms in total. The van der Waals surface area contributed by atoms with Crippen molar-refractivity contribution in [3.8, 4) is 0 Å². The number of anilines is 1. The molecule has 1 aromatic heterocycles. The molecule has 1 aromatic carbocycles. The highest BCUT2D eigenvalue weighted by atomic mass is 35.5. The summed E-state index contributed by atoms with van der Waals surface area (Å²) in [6.45, 7) is 10.5. The van der Waals surface area contributed by atoms with E-state index in [1.807, 2.05) is 12.1 Å². The summed E-state index contributed by atoms with van der Waals surface area (Å²) in [7, 11) is 0. The highest BCUT2D eigenvalue weighted by molar-refractivity contribution is 6.04. The van der Waals surface area contributed by atoms with Gasteiger partial charge in [0.2, 0.25) is 0 Å². The normalized spacial score (nSPS) is 17.6. The van der Waals surface area contributed by atoms with Gasteiger partial charge in [0.25, 0.3) is 5.91 Å². The molecule has 3 N–H and O–H groups in total. The van der Waals surface area contributed by atoms with Crippen molar-refractivity contribution in [2.45, 2.75) is 26.4 Å². The monoisotopic (exact) mass is 404 g/mol. The number of hydrogen-bond donors (Lipinski definition) is 3. The molecule has 0 unspecified atom stereocenters. The smallest absolute Gasteiger partial charge is 0.276 e. The second-order valence-corrected chi connectivity index (χ2v) is 7.32. The summed E-state index contributed by atoms with van der Waals surface area (Å²) in [5.74, 6) is -0.153. The maximum atomic E-state index is 12.6. The zero-order valence-corrected chi connectivity index (χ0v) is 17.1. The van der Waals surface area contributed by atoms with Crippen LogP contribution < -0.4 is 10.6 Å². The molecule has 1 amide bonds. The molecular formula is C20H29ClN6O. The minimum Gasteiger partial charge on any atom is -0.321 e. The second kappa shape index (κ2) is 9.52. The zero-order valence-electron chi connectivity index (χ0n) is 16.3. The minimum atomic E-state index is -0.153. The number of carbonyl (C=O) groups is 1. The molecule has 0 spiro atoms. The maximum Gasteiger partial charge on any atom is 0.276 e. The molecule has 4 rings (SSSR count). The van der Waals surface area contributed by atoms with E-state index in [1.54, 1.807) is 0 Å². The number of aromatic nitrogens is 2. The van der Waals surface area contributed by atoms with Crippen LogP contribution in [-0.2, 0) is 19.5 Å². The van der Waals surface area contributed by atoms with Gasteiger partial charge in [-0.2, -0.15) is 5.10 Å². The first-order valence-corrected chi connectivity index (χ1v) is 9.84. The number of H-pyrrole nitrogens is 1. The third-order valence-electron chi connectivity index (χ3n) is 5.55. The molecular weight excluding hydrogens is 376 g/mol. The quantitative estimate of drug-likeness (QED) is 0.709. The van der Waals surface area contributed by atoms with E-state index >= 15 is 0 Å². The van der Waals surface area contributed by atoms with Crippen molar-refractivity contribution in [2.24, 2.45) is 0 Å². The molecule has 8 heteroatoms. The average Bonchev–Trinajstić information content (AvgIpc) is 3.14. The summed E-state index contributed by atoms with van der Waals surface area (Å²) in [5.41, 5.74) is 4.63. The van der Waals surface area contributed by atoms with Gasteiger partial charge >= 0.3 is 0 Å². The molecule has 28 heavy (non-hydrogen) atoms. The topological polar surface area (TPSA) is 76.3 Å². The molecule has 1 saturated heterocycles. The van der Waals surface area contributed by atoms with Gasteiger partial charge in [-0.1, -0.05) is 19.1 Å². The minimum absolute atomic E-state index is 0. The summed E-state index contributed by atoms with van der Waals surface area (Å²) in [6, 6.07) is 8.16. The lowest BCUT2D eigenvalue weighted by Crippen LogP contribution is -2.45. The number of nitrogens with zero attached hydrogens (tertiary/aromatic N) is 3. The highest BCUT2D eigenvalue weighted by Crippen LogP contribution is 2.18. The highest BCUT2D eigenvalue weighted by Gasteiger charge is 2.21. The van der Waals surface area contributed by atoms with Gasteiger partial charge < -0.3 is 15.5 Å². The van der Waals surface area contributed by atoms with Gasteiger partial charge in [-0.15, -0.1) is 12.4 Å². The van der Waals surface area contributed by atoms with Crippen molar-refractivity contribution in [3.63, 3.8) is 0 Å². The summed E-state index contributed by atoms with van der Waals surface area (Å²) in [4.78, 5) is 17.5. The van der Waals surface area contributed by atoms with Crippen LogP contribution >= 0.6 is 12.4 Å². The zero-order chi connectivity index (χ0) is 18.6. The number of hydrogen-bond acceptors (Lipinski definition) is 5. The fourth-order valence-electron chi connectivity index (χ4n) is 3.82. The molecule has 0 saturated carbocycles. The van der Waals surface area contributed by atoms with Crippen LogP contribution in [0.25, 0.3) is 0 Å². The van der Waals surface area contributed by atoms with Crippen LogP contribution in [-0.4, -0.2) is 65.2 Å². The van der Waals surface area contributed by atoms with E-state index in [1.165, 1.54) is 5.56 Å². The Morgan fingerprint density at radius 2 is 1.86 bits per heavy atom. The van der Waals surface area contributed by atoms with Crippen LogP contribution in [0.15, 0.2) is 24.3 Å². The number of piperazine rings is 1. The van der Waals surface area contributed by atoms with Crippen molar-refractivity contribution in [3.05, 3.63) is 46.8 Å². The lowest BCUT2D eigenvalue weighted by atomic mass is 10.1. The van der Waals surface area contributed by atoms with Crippen LogP contribution in [0.1, 0.15) is 34.2 Å². The number of fused-ring (bicyclic) bond motifs is 1. The van der Waals surface area contributed by atoms with Crippen LogP contribution in [0.2, 0.25) is 0 Å². The van der Waals surface area contributed by atoms with E-state index in [4.69, 9.17) is 0 Å². The first-order chi connectivity index (χ1) is 13.2. The lowest BCUT2D eigenvalue weighted by Gasteiger charge is -2.34. The van der Waals surface area contributed by atoms with Gasteiger partial charge in [-0.3, -0.25) is 14.8 Å². The number of rotatable bonds is 5. The van der Waals surface area contributed by atoms with Crippen molar-refractivity contribution in [1.82, 2.24) is 25.3 Å². The van der Waals surface area contributed by atoms with Gasteiger partial charge in [0.15, 0.2) is 5.69 Å². The van der Waals surface area contributed by atoms with Gasteiger partial charge in [0.05, 0.1) is 0 Å². The number of nitrogens with one attached hydrogen (secondary N) is 3. The third kappa shape index (κ3) is 4.72. The third-order valence-corrected chi connectivity index (χ3v) is 5.55. The SMILES string of the molecule is CCN1CCN(Cc2ccc(NC(=O)c3n[nH]c4c3CNCC4)cc2)CC1.Cl. The Bertz CT molecular complexity index is 782. The van der Waals surface area contributed by atoms with E-state index in [0.29, 0.717) is 12.2 Å². The summed E-state index contributed by atoms with van der Waals surface area (Å²) in [5, 5.41) is 13.5. The Morgan fingerprint density at radius 1 is 1.14 bits per heavy atom. The maximum absolute atomic E-state index is 12.6. The van der Waals surface area contributed by atoms with Gasteiger partial charge in [0, 0.05) is 69.2 Å². The first kappa shape index (κ1) is 20.8. The molecule has 2 aliphatic rings. The Balaban J connectivity index is 0.00000225. The van der Waals surface area contributed by atoms with Crippen LogP contribution in [0, 0.1) is 0 Å². The molecule has 3 heterocycles. The van der Waals surface area contributed by atoms with Crippen LogP contribution in [0.5, 0.6) is 0 Å². The molecule has 152 valence electrons.